The van der Waals surface area contributed by atoms with Crippen molar-refractivity contribution in [3.05, 3.63) is 98.3 Å². The van der Waals surface area contributed by atoms with Crippen LogP contribution in [0.4, 0.5) is 13.6 Å². The first-order valence-corrected chi connectivity index (χ1v) is 13.5. The molecular formula is C29H27Cl3F2N4O. The van der Waals surface area contributed by atoms with E-state index in [1.165, 1.54) is 35.4 Å². The van der Waals surface area contributed by atoms with Crippen molar-refractivity contribution < 1.29 is 13.6 Å². The van der Waals surface area contributed by atoms with Crippen LogP contribution in [0.3, 0.4) is 0 Å². The van der Waals surface area contributed by atoms with Gasteiger partial charge in [-0.25, -0.2) is 18.6 Å². The molecule has 2 amide bonds. The number of benzene rings is 2. The minimum atomic E-state index is -1.65. The fourth-order valence-electron chi connectivity index (χ4n) is 5.46. The van der Waals surface area contributed by atoms with Crippen molar-refractivity contribution in [3.63, 3.8) is 0 Å². The van der Waals surface area contributed by atoms with Crippen molar-refractivity contribution in [1.82, 2.24) is 15.2 Å². The topological polar surface area (TPSA) is 69.0 Å². The highest BCUT2D eigenvalue weighted by molar-refractivity contribution is 6.31. The van der Waals surface area contributed by atoms with Crippen LogP contribution in [0.15, 0.2) is 54.7 Å². The van der Waals surface area contributed by atoms with E-state index in [1.54, 1.807) is 18.2 Å². The molecule has 1 aliphatic heterocycles. The Balaban J connectivity index is 1.89. The van der Waals surface area contributed by atoms with E-state index in [4.69, 9.17) is 34.8 Å². The van der Waals surface area contributed by atoms with E-state index in [0.717, 1.165) is 6.07 Å². The van der Waals surface area contributed by atoms with Crippen LogP contribution in [0, 0.1) is 34.3 Å². The number of likely N-dealkylation sites (tertiary alicyclic amines) is 1. The van der Waals surface area contributed by atoms with Gasteiger partial charge in [0.25, 0.3) is 0 Å². The summed E-state index contributed by atoms with van der Waals surface area (Å²) in [5, 5.41) is 14.0. The summed E-state index contributed by atoms with van der Waals surface area (Å²) in [6.45, 7) is 6.19. The number of nitrogens with zero attached hydrogens (tertiary/aromatic N) is 3. The van der Waals surface area contributed by atoms with E-state index in [9.17, 15) is 10.1 Å². The molecule has 2 aromatic carbocycles. The van der Waals surface area contributed by atoms with Gasteiger partial charge in [0, 0.05) is 41.4 Å². The second kappa shape index (κ2) is 11.3. The lowest BCUT2D eigenvalue weighted by Gasteiger charge is -2.38. The van der Waals surface area contributed by atoms with Gasteiger partial charge in [0.1, 0.15) is 22.2 Å². The highest BCUT2D eigenvalue weighted by Gasteiger charge is 2.60. The van der Waals surface area contributed by atoms with Crippen molar-refractivity contribution in [2.75, 3.05) is 6.54 Å². The fraction of sp³-hybridized carbons (Fsp3) is 0.345. The fourth-order valence-corrected chi connectivity index (χ4v) is 5.91. The third-order valence-corrected chi connectivity index (χ3v) is 7.74. The first-order valence-electron chi connectivity index (χ1n) is 12.3. The third kappa shape index (κ3) is 5.84. The molecule has 1 saturated heterocycles. The quantitative estimate of drug-likeness (QED) is 0.305. The minimum absolute atomic E-state index is 0.0260. The number of nitriles is 1. The van der Waals surface area contributed by atoms with E-state index in [0.29, 0.717) is 17.1 Å². The van der Waals surface area contributed by atoms with Crippen molar-refractivity contribution in [2.45, 2.75) is 45.2 Å². The minimum Gasteiger partial charge on any atom is -0.334 e. The second-order valence-corrected chi connectivity index (χ2v) is 12.1. The van der Waals surface area contributed by atoms with Gasteiger partial charge in [-0.15, -0.1) is 0 Å². The molecule has 39 heavy (non-hydrogen) atoms. The van der Waals surface area contributed by atoms with Gasteiger partial charge in [-0.3, -0.25) is 0 Å². The van der Waals surface area contributed by atoms with Gasteiger partial charge >= 0.3 is 6.03 Å². The van der Waals surface area contributed by atoms with Crippen LogP contribution in [-0.4, -0.2) is 22.5 Å². The molecule has 1 N–H and O–H groups in total. The van der Waals surface area contributed by atoms with Crippen LogP contribution in [0.5, 0.6) is 0 Å². The van der Waals surface area contributed by atoms with Crippen LogP contribution in [0.25, 0.3) is 0 Å². The monoisotopic (exact) mass is 590 g/mol. The highest BCUT2D eigenvalue weighted by atomic mass is 35.5. The summed E-state index contributed by atoms with van der Waals surface area (Å²) in [6.07, 6.45) is 1.98. The number of urea groups is 1. The number of pyridine rings is 1. The van der Waals surface area contributed by atoms with Gasteiger partial charge in [-0.1, -0.05) is 79.8 Å². The lowest BCUT2D eigenvalue weighted by Crippen LogP contribution is -2.44. The number of carbonyl (C=O) groups is 1. The number of rotatable bonds is 5. The molecule has 3 aromatic rings. The second-order valence-electron chi connectivity index (χ2n) is 10.9. The normalized spacial score (nSPS) is 21.1. The molecule has 2 heterocycles. The number of aromatic nitrogens is 1. The van der Waals surface area contributed by atoms with Gasteiger partial charge in [0.2, 0.25) is 0 Å². The molecule has 5 nitrogen and oxygen atoms in total. The maximum atomic E-state index is 15.7. The first-order chi connectivity index (χ1) is 18.4. The Morgan fingerprint density at radius 1 is 1.18 bits per heavy atom. The summed E-state index contributed by atoms with van der Waals surface area (Å²) in [4.78, 5) is 19.2. The van der Waals surface area contributed by atoms with Crippen LogP contribution >= 0.6 is 34.8 Å². The van der Waals surface area contributed by atoms with Crippen LogP contribution in [0.1, 0.15) is 49.9 Å². The lowest BCUT2D eigenvalue weighted by molar-refractivity contribution is 0.184. The van der Waals surface area contributed by atoms with E-state index >= 15 is 8.78 Å². The summed E-state index contributed by atoms with van der Waals surface area (Å²) in [5.41, 5.74) is -1.18. The van der Waals surface area contributed by atoms with Crippen LogP contribution < -0.4 is 5.32 Å². The number of hydrogen-bond donors (Lipinski definition) is 1. The van der Waals surface area contributed by atoms with Gasteiger partial charge in [0.15, 0.2) is 0 Å². The Morgan fingerprint density at radius 3 is 2.54 bits per heavy atom. The zero-order chi connectivity index (χ0) is 28.5. The van der Waals surface area contributed by atoms with Crippen LogP contribution in [0.2, 0.25) is 15.2 Å². The molecule has 0 bridgehead atoms. The molecule has 4 rings (SSSR count). The summed E-state index contributed by atoms with van der Waals surface area (Å²) in [7, 11) is 0. The smallest absolute Gasteiger partial charge is 0.318 e. The molecule has 1 aliphatic rings. The van der Waals surface area contributed by atoms with Gasteiger partial charge < -0.3 is 10.2 Å². The molecule has 3 atom stereocenters. The number of nitrogens with one attached hydrogen (secondary N) is 1. The van der Waals surface area contributed by atoms with Crippen LogP contribution in [-0.2, 0) is 12.0 Å². The van der Waals surface area contributed by atoms with Crippen molar-refractivity contribution in [3.8, 4) is 6.07 Å². The molecule has 0 radical (unpaired) electrons. The SMILES string of the molecule is CC(C)(C)CC1CN(C(=O)NCc2ccc(Cl)nc2)C(c2cccc(Cl)c2F)C1(C#N)c1ccc(Cl)cc1F. The Hall–Kier alpha value is -2.92. The van der Waals surface area contributed by atoms with E-state index in [2.05, 4.69) is 16.4 Å². The number of amides is 2. The summed E-state index contributed by atoms with van der Waals surface area (Å²) < 4.78 is 31.3. The zero-order valence-electron chi connectivity index (χ0n) is 21.6. The van der Waals surface area contributed by atoms with Gasteiger partial charge in [-0.05, 0) is 41.7 Å². The average Bonchev–Trinajstić information content (AvgIpc) is 3.18. The Labute approximate surface area is 241 Å². The predicted octanol–water partition coefficient (Wildman–Crippen LogP) is 8.10. The summed E-state index contributed by atoms with van der Waals surface area (Å²) >= 11 is 18.1. The average molecular weight is 592 g/mol. The molecule has 1 aromatic heterocycles. The lowest BCUT2D eigenvalue weighted by atomic mass is 9.63. The molecule has 1 fully saturated rings. The Morgan fingerprint density at radius 2 is 1.92 bits per heavy atom. The molecule has 204 valence electrons. The van der Waals surface area contributed by atoms with Crippen molar-refractivity contribution in [2.24, 2.45) is 11.3 Å². The molecule has 3 unspecified atom stereocenters. The molecule has 10 heteroatoms. The maximum Gasteiger partial charge on any atom is 0.318 e. The number of halogens is 5. The summed E-state index contributed by atoms with van der Waals surface area (Å²) in [5.74, 6) is -2.02. The van der Waals surface area contributed by atoms with E-state index in [1.807, 2.05) is 20.8 Å². The molecule has 0 saturated carbocycles. The van der Waals surface area contributed by atoms with Gasteiger partial charge in [-0.2, -0.15) is 5.26 Å². The standard InChI is InChI=1S/C29H27Cl3F2N4O/c1-28(2,3)12-18-15-38(27(39)37-14-17-7-10-24(32)36-13-17)26(20-5-4-6-22(31)25(20)34)29(18,16-35)21-9-8-19(30)11-23(21)33/h4-11,13,18,26H,12,14-15H2,1-3H3,(H,37,39). The molecular weight excluding hydrogens is 565 g/mol. The number of hydrogen-bond acceptors (Lipinski definition) is 3. The Kier molecular flexibility index (Phi) is 8.41. The molecule has 0 aliphatic carbocycles. The largest absolute Gasteiger partial charge is 0.334 e. The highest BCUT2D eigenvalue weighted by Crippen LogP contribution is 2.56. The van der Waals surface area contributed by atoms with Crippen molar-refractivity contribution in [1.29, 1.82) is 5.26 Å². The van der Waals surface area contributed by atoms with Gasteiger partial charge in [0.05, 0.1) is 17.1 Å². The maximum absolute atomic E-state index is 15.7. The van der Waals surface area contributed by atoms with E-state index in [-0.39, 0.29) is 39.7 Å². The molecule has 0 spiro atoms. The van der Waals surface area contributed by atoms with E-state index < -0.39 is 35.0 Å². The third-order valence-electron chi connectivity index (χ3n) is 6.99. The first kappa shape index (κ1) is 29.1. The zero-order valence-corrected chi connectivity index (χ0v) is 23.9. The number of carbonyl (C=O) groups excluding carboxylic acids is 1. The Bertz CT molecular complexity index is 1420. The summed E-state index contributed by atoms with van der Waals surface area (Å²) in [6, 6.07) is 12.4. The predicted molar refractivity (Wildman–Crippen MR) is 149 cm³/mol. The van der Waals surface area contributed by atoms with Crippen molar-refractivity contribution >= 4 is 40.8 Å².